The van der Waals surface area contributed by atoms with Gasteiger partial charge in [0.05, 0.1) is 11.3 Å². The van der Waals surface area contributed by atoms with Crippen LogP contribution in [0.15, 0.2) is 66.9 Å². The van der Waals surface area contributed by atoms with Crippen molar-refractivity contribution in [1.82, 2.24) is 4.98 Å². The molecule has 0 atom stereocenters. The Morgan fingerprint density at radius 2 is 1.50 bits per heavy atom. The van der Waals surface area contributed by atoms with Gasteiger partial charge in [-0.1, -0.05) is 12.1 Å². The Hall–Kier alpha value is -3.56. The number of halogens is 6. The maximum Gasteiger partial charge on any atom is 0.573 e. The molecule has 4 nitrogen and oxygen atoms in total. The Kier molecular flexibility index (Phi) is 5.68. The van der Waals surface area contributed by atoms with E-state index in [0.717, 1.165) is 18.2 Å². The highest BCUT2D eigenvalue weighted by Crippen LogP contribution is 2.35. The standard InChI is InChI=1S/C20H12F6N2O2/c21-19(22,23)16-2-1-11-27-17(16)12-3-5-13(6-4-12)18(29)28-14-7-9-15(10-8-14)30-20(24,25)26/h1-11H,(H,28,29). The molecule has 0 unspecified atom stereocenters. The van der Waals surface area contributed by atoms with Gasteiger partial charge in [0.15, 0.2) is 0 Å². The highest BCUT2D eigenvalue weighted by atomic mass is 19.4. The van der Waals surface area contributed by atoms with Crippen molar-refractivity contribution in [3.05, 3.63) is 78.0 Å². The van der Waals surface area contributed by atoms with Crippen LogP contribution >= 0.6 is 0 Å². The zero-order valence-corrected chi connectivity index (χ0v) is 14.9. The summed E-state index contributed by atoms with van der Waals surface area (Å²) < 4.78 is 79.6. The molecule has 1 aromatic heterocycles. The zero-order chi connectivity index (χ0) is 21.9. The van der Waals surface area contributed by atoms with Gasteiger partial charge in [-0.05, 0) is 48.5 Å². The van der Waals surface area contributed by atoms with Crippen molar-refractivity contribution in [3.8, 4) is 17.0 Å². The molecule has 0 fully saturated rings. The van der Waals surface area contributed by atoms with Crippen LogP contribution in [0, 0.1) is 0 Å². The van der Waals surface area contributed by atoms with Crippen LogP contribution in [0.2, 0.25) is 0 Å². The molecule has 0 radical (unpaired) electrons. The maximum absolute atomic E-state index is 13.1. The Bertz CT molecular complexity index is 1030. The van der Waals surface area contributed by atoms with Crippen LogP contribution in [0.25, 0.3) is 11.3 Å². The Morgan fingerprint density at radius 1 is 0.867 bits per heavy atom. The fraction of sp³-hybridized carbons (Fsp3) is 0.100. The number of alkyl halides is 6. The van der Waals surface area contributed by atoms with E-state index in [0.29, 0.717) is 0 Å². The minimum Gasteiger partial charge on any atom is -0.406 e. The molecule has 0 saturated heterocycles. The molecule has 156 valence electrons. The molecule has 1 heterocycles. The van der Waals surface area contributed by atoms with Crippen molar-refractivity contribution < 1.29 is 35.9 Å². The van der Waals surface area contributed by atoms with Gasteiger partial charge < -0.3 is 10.1 Å². The van der Waals surface area contributed by atoms with Gasteiger partial charge in [-0.3, -0.25) is 9.78 Å². The number of aromatic nitrogens is 1. The third-order valence-electron chi connectivity index (χ3n) is 3.88. The Morgan fingerprint density at radius 3 is 2.07 bits per heavy atom. The summed E-state index contributed by atoms with van der Waals surface area (Å²) in [5, 5.41) is 2.47. The van der Waals surface area contributed by atoms with E-state index in [2.05, 4.69) is 15.0 Å². The summed E-state index contributed by atoms with van der Waals surface area (Å²) in [4.78, 5) is 16.1. The second kappa shape index (κ2) is 8.05. The number of hydrogen-bond acceptors (Lipinski definition) is 3. The topological polar surface area (TPSA) is 51.2 Å². The summed E-state index contributed by atoms with van der Waals surface area (Å²) in [6.45, 7) is 0. The van der Waals surface area contributed by atoms with Crippen LogP contribution in [0.5, 0.6) is 5.75 Å². The first kappa shape index (κ1) is 21.2. The molecule has 0 bridgehead atoms. The van der Waals surface area contributed by atoms with Crippen LogP contribution in [0.1, 0.15) is 15.9 Å². The fourth-order valence-corrected chi connectivity index (χ4v) is 2.59. The fourth-order valence-electron chi connectivity index (χ4n) is 2.59. The second-order valence-corrected chi connectivity index (χ2v) is 6.00. The average molecular weight is 426 g/mol. The molecule has 1 N–H and O–H groups in total. The van der Waals surface area contributed by atoms with Crippen LogP contribution in [0.4, 0.5) is 32.0 Å². The van der Waals surface area contributed by atoms with Crippen molar-refractivity contribution in [2.45, 2.75) is 12.5 Å². The first-order valence-corrected chi connectivity index (χ1v) is 8.33. The lowest BCUT2D eigenvalue weighted by molar-refractivity contribution is -0.274. The van der Waals surface area contributed by atoms with Crippen molar-refractivity contribution >= 4 is 11.6 Å². The number of hydrogen-bond donors (Lipinski definition) is 1. The average Bonchev–Trinajstić information content (AvgIpc) is 2.68. The van der Waals surface area contributed by atoms with Gasteiger partial charge in [0.1, 0.15) is 5.75 Å². The molecule has 30 heavy (non-hydrogen) atoms. The number of benzene rings is 2. The monoisotopic (exact) mass is 426 g/mol. The third-order valence-corrected chi connectivity index (χ3v) is 3.88. The number of pyridine rings is 1. The number of nitrogens with zero attached hydrogens (tertiary/aromatic N) is 1. The third kappa shape index (κ3) is 5.28. The smallest absolute Gasteiger partial charge is 0.406 e. The molecule has 0 aliphatic carbocycles. The van der Waals surface area contributed by atoms with Crippen molar-refractivity contribution in [2.24, 2.45) is 0 Å². The molecule has 3 aromatic rings. The summed E-state index contributed by atoms with van der Waals surface area (Å²) in [5.41, 5.74) is -0.643. The number of nitrogens with one attached hydrogen (secondary N) is 1. The molecule has 2 aromatic carbocycles. The predicted molar refractivity (Wildman–Crippen MR) is 95.8 cm³/mol. The molecule has 0 saturated carbocycles. The Balaban J connectivity index is 1.74. The Labute approximate surface area is 166 Å². The molecule has 3 rings (SSSR count). The van der Waals surface area contributed by atoms with Crippen LogP contribution in [-0.4, -0.2) is 17.3 Å². The minimum absolute atomic E-state index is 0.138. The first-order valence-electron chi connectivity index (χ1n) is 8.33. The molecule has 1 amide bonds. The zero-order valence-electron chi connectivity index (χ0n) is 14.9. The lowest BCUT2D eigenvalue weighted by atomic mass is 10.0. The number of ether oxygens (including phenoxy) is 1. The van der Waals surface area contributed by atoms with E-state index in [-0.39, 0.29) is 22.5 Å². The van der Waals surface area contributed by atoms with Gasteiger partial charge in [-0.25, -0.2) is 0 Å². The SMILES string of the molecule is O=C(Nc1ccc(OC(F)(F)F)cc1)c1ccc(-c2ncccc2C(F)(F)F)cc1. The van der Waals surface area contributed by atoms with Gasteiger partial charge in [-0.15, -0.1) is 13.2 Å². The molecular weight excluding hydrogens is 414 g/mol. The van der Waals surface area contributed by atoms with Gasteiger partial charge >= 0.3 is 12.5 Å². The summed E-state index contributed by atoms with van der Waals surface area (Å²) in [7, 11) is 0. The van der Waals surface area contributed by atoms with Gasteiger partial charge in [0, 0.05) is 23.0 Å². The lowest BCUT2D eigenvalue weighted by Crippen LogP contribution is -2.17. The number of amides is 1. The summed E-state index contributed by atoms with van der Waals surface area (Å²) in [6, 6.07) is 11.9. The molecule has 0 aliphatic rings. The van der Waals surface area contributed by atoms with Crippen LogP contribution in [0.3, 0.4) is 0 Å². The maximum atomic E-state index is 13.1. The second-order valence-electron chi connectivity index (χ2n) is 6.00. The first-order chi connectivity index (χ1) is 14.0. The highest BCUT2D eigenvalue weighted by molar-refractivity contribution is 6.04. The largest absolute Gasteiger partial charge is 0.573 e. The van der Waals surface area contributed by atoms with Gasteiger partial charge in [-0.2, -0.15) is 13.2 Å². The molecule has 0 spiro atoms. The normalized spacial score (nSPS) is 11.8. The highest BCUT2D eigenvalue weighted by Gasteiger charge is 2.34. The van der Waals surface area contributed by atoms with E-state index in [4.69, 9.17) is 0 Å². The van der Waals surface area contributed by atoms with Crippen molar-refractivity contribution in [2.75, 3.05) is 5.32 Å². The quantitative estimate of drug-likeness (QED) is 0.527. The molecular formula is C20H12F6N2O2. The van der Waals surface area contributed by atoms with Crippen molar-refractivity contribution in [3.63, 3.8) is 0 Å². The van der Waals surface area contributed by atoms with Crippen LogP contribution < -0.4 is 10.1 Å². The summed E-state index contributed by atoms with van der Waals surface area (Å²) in [5.74, 6) is -1.04. The number of carbonyl (C=O) groups excluding carboxylic acids is 1. The number of rotatable bonds is 4. The van der Waals surface area contributed by atoms with Gasteiger partial charge in [0.25, 0.3) is 5.91 Å². The molecule has 0 aliphatic heterocycles. The van der Waals surface area contributed by atoms with E-state index >= 15 is 0 Å². The predicted octanol–water partition coefficient (Wildman–Crippen LogP) is 5.92. The van der Waals surface area contributed by atoms with E-state index < -0.39 is 29.8 Å². The number of carbonyl (C=O) groups is 1. The van der Waals surface area contributed by atoms with E-state index in [1.54, 1.807) is 0 Å². The van der Waals surface area contributed by atoms with Gasteiger partial charge in [0.2, 0.25) is 0 Å². The summed E-state index contributed by atoms with van der Waals surface area (Å²) in [6.07, 6.45) is -8.18. The van der Waals surface area contributed by atoms with E-state index in [1.165, 1.54) is 48.7 Å². The number of anilines is 1. The minimum atomic E-state index is -4.83. The van der Waals surface area contributed by atoms with E-state index in [1.807, 2.05) is 0 Å². The van der Waals surface area contributed by atoms with Crippen LogP contribution in [-0.2, 0) is 6.18 Å². The molecule has 10 heteroatoms. The summed E-state index contributed by atoms with van der Waals surface area (Å²) >= 11 is 0. The van der Waals surface area contributed by atoms with E-state index in [9.17, 15) is 31.1 Å². The van der Waals surface area contributed by atoms with Crippen molar-refractivity contribution in [1.29, 1.82) is 0 Å². The lowest BCUT2D eigenvalue weighted by Gasteiger charge is -2.12.